The molecule has 106 valence electrons. The average Bonchev–Trinajstić information content (AvgIpc) is 2.98. The fourth-order valence-electron chi connectivity index (χ4n) is 2.16. The van der Waals surface area contributed by atoms with Crippen molar-refractivity contribution in [3.63, 3.8) is 0 Å². The van der Waals surface area contributed by atoms with Gasteiger partial charge in [-0.25, -0.2) is 4.99 Å². The Morgan fingerprint density at radius 2 is 1.77 bits per heavy atom. The first kappa shape index (κ1) is 14.1. The Morgan fingerprint density at radius 3 is 2.45 bits per heavy atom. The van der Waals surface area contributed by atoms with Crippen molar-refractivity contribution < 1.29 is 0 Å². The van der Waals surface area contributed by atoms with E-state index in [9.17, 15) is 5.26 Å². The van der Waals surface area contributed by atoms with Gasteiger partial charge in [-0.2, -0.15) is 5.26 Å². The highest BCUT2D eigenvalue weighted by atomic mass is 35.5. The van der Waals surface area contributed by atoms with E-state index in [1.807, 2.05) is 48.7 Å². The van der Waals surface area contributed by atoms with Crippen LogP contribution in [0.5, 0.6) is 0 Å². The maximum Gasteiger partial charge on any atom is 0.148 e. The SMILES string of the molecule is N#Cc1c(-c2ccccc2)c[nH]c1/N=C/c1ccc(Cl)cc1. The Balaban J connectivity index is 1.94. The quantitative estimate of drug-likeness (QED) is 0.683. The molecule has 1 N–H and O–H groups in total. The molecule has 22 heavy (non-hydrogen) atoms. The van der Waals surface area contributed by atoms with E-state index in [1.54, 1.807) is 18.3 Å². The van der Waals surface area contributed by atoms with Crippen molar-refractivity contribution in [1.29, 1.82) is 5.26 Å². The lowest BCUT2D eigenvalue weighted by molar-refractivity contribution is 1.33. The van der Waals surface area contributed by atoms with Crippen molar-refractivity contribution in [3.05, 3.63) is 76.9 Å². The number of nitrogens with zero attached hydrogens (tertiary/aromatic N) is 2. The van der Waals surface area contributed by atoms with Gasteiger partial charge in [-0.3, -0.25) is 0 Å². The number of benzene rings is 2. The highest BCUT2D eigenvalue weighted by Gasteiger charge is 2.11. The van der Waals surface area contributed by atoms with Crippen LogP contribution in [-0.2, 0) is 0 Å². The molecule has 0 bridgehead atoms. The maximum atomic E-state index is 9.42. The number of aromatic amines is 1. The van der Waals surface area contributed by atoms with E-state index in [0.717, 1.165) is 16.7 Å². The molecule has 4 heteroatoms. The Labute approximate surface area is 133 Å². The number of halogens is 1. The van der Waals surface area contributed by atoms with Crippen molar-refractivity contribution in [2.45, 2.75) is 0 Å². The molecule has 1 heterocycles. The third-order valence-electron chi connectivity index (χ3n) is 3.27. The second-order valence-electron chi connectivity index (χ2n) is 4.71. The summed E-state index contributed by atoms with van der Waals surface area (Å²) in [7, 11) is 0. The lowest BCUT2D eigenvalue weighted by atomic mass is 10.1. The monoisotopic (exact) mass is 305 g/mol. The van der Waals surface area contributed by atoms with Gasteiger partial charge in [-0.1, -0.05) is 54.1 Å². The summed E-state index contributed by atoms with van der Waals surface area (Å²) in [5, 5.41) is 10.1. The van der Waals surface area contributed by atoms with Gasteiger partial charge in [0.2, 0.25) is 0 Å². The Bertz CT molecular complexity index is 840. The van der Waals surface area contributed by atoms with Crippen molar-refractivity contribution in [2.75, 3.05) is 0 Å². The third kappa shape index (κ3) is 2.93. The molecule has 0 aliphatic heterocycles. The molecule has 0 spiro atoms. The van der Waals surface area contributed by atoms with E-state index < -0.39 is 0 Å². The average molecular weight is 306 g/mol. The number of aliphatic imine (C=N–C) groups is 1. The molecule has 0 radical (unpaired) electrons. The molecule has 0 aliphatic rings. The van der Waals surface area contributed by atoms with Gasteiger partial charge < -0.3 is 4.98 Å². The summed E-state index contributed by atoms with van der Waals surface area (Å²) >= 11 is 5.85. The van der Waals surface area contributed by atoms with E-state index in [4.69, 9.17) is 11.6 Å². The first-order valence-corrected chi connectivity index (χ1v) is 7.12. The summed E-state index contributed by atoms with van der Waals surface area (Å²) in [6.45, 7) is 0. The van der Waals surface area contributed by atoms with Crippen LogP contribution in [0.4, 0.5) is 5.82 Å². The largest absolute Gasteiger partial charge is 0.345 e. The van der Waals surface area contributed by atoms with Crippen molar-refractivity contribution in [3.8, 4) is 17.2 Å². The van der Waals surface area contributed by atoms with Gasteiger partial charge in [0.25, 0.3) is 0 Å². The smallest absolute Gasteiger partial charge is 0.148 e. The molecule has 0 saturated carbocycles. The first-order chi connectivity index (χ1) is 10.8. The molecule has 3 aromatic rings. The molecule has 3 rings (SSSR count). The van der Waals surface area contributed by atoms with Crippen LogP contribution < -0.4 is 0 Å². The number of aromatic nitrogens is 1. The van der Waals surface area contributed by atoms with E-state index in [-0.39, 0.29) is 0 Å². The minimum Gasteiger partial charge on any atom is -0.345 e. The molecule has 1 aromatic heterocycles. The zero-order valence-corrected chi connectivity index (χ0v) is 12.4. The van der Waals surface area contributed by atoms with Gasteiger partial charge in [0, 0.05) is 23.0 Å². The van der Waals surface area contributed by atoms with E-state index in [0.29, 0.717) is 16.4 Å². The molecule has 0 fully saturated rings. The number of nitriles is 1. The number of hydrogen-bond donors (Lipinski definition) is 1. The summed E-state index contributed by atoms with van der Waals surface area (Å²) in [5.41, 5.74) is 3.30. The summed E-state index contributed by atoms with van der Waals surface area (Å²) in [6.07, 6.45) is 3.51. The van der Waals surface area contributed by atoms with Crippen molar-refractivity contribution in [1.82, 2.24) is 4.98 Å². The minimum absolute atomic E-state index is 0.538. The molecular formula is C18H12ClN3. The van der Waals surface area contributed by atoms with Crippen LogP contribution in [0, 0.1) is 11.3 Å². The van der Waals surface area contributed by atoms with Gasteiger partial charge in [0.15, 0.2) is 0 Å². The molecular weight excluding hydrogens is 294 g/mol. The van der Waals surface area contributed by atoms with E-state index >= 15 is 0 Å². The summed E-state index contributed by atoms with van der Waals surface area (Å²) in [4.78, 5) is 7.44. The van der Waals surface area contributed by atoms with Gasteiger partial charge in [-0.05, 0) is 23.3 Å². The predicted octanol–water partition coefficient (Wildman–Crippen LogP) is 4.96. The molecule has 3 nitrogen and oxygen atoms in total. The Hall–Kier alpha value is -2.83. The number of rotatable bonds is 3. The van der Waals surface area contributed by atoms with Gasteiger partial charge in [0.05, 0.1) is 0 Å². The van der Waals surface area contributed by atoms with Crippen LogP contribution in [0.2, 0.25) is 5.02 Å². The predicted molar refractivity (Wildman–Crippen MR) is 89.6 cm³/mol. The summed E-state index contributed by atoms with van der Waals surface area (Å²) in [6, 6.07) is 19.4. The highest BCUT2D eigenvalue weighted by molar-refractivity contribution is 6.30. The fourth-order valence-corrected chi connectivity index (χ4v) is 2.29. The molecule has 2 aromatic carbocycles. The molecule has 0 unspecified atom stereocenters. The number of hydrogen-bond acceptors (Lipinski definition) is 2. The zero-order valence-electron chi connectivity index (χ0n) is 11.6. The van der Waals surface area contributed by atoms with Gasteiger partial charge >= 0.3 is 0 Å². The first-order valence-electron chi connectivity index (χ1n) is 6.74. The topological polar surface area (TPSA) is 51.9 Å². The van der Waals surface area contributed by atoms with Gasteiger partial charge in [-0.15, -0.1) is 0 Å². The number of nitrogens with one attached hydrogen (secondary N) is 1. The van der Waals surface area contributed by atoms with Crippen molar-refractivity contribution in [2.24, 2.45) is 4.99 Å². The number of H-pyrrole nitrogens is 1. The van der Waals surface area contributed by atoms with E-state index in [2.05, 4.69) is 16.0 Å². The van der Waals surface area contributed by atoms with Crippen LogP contribution in [0.15, 0.2) is 65.8 Å². The molecule has 0 saturated heterocycles. The lowest BCUT2D eigenvalue weighted by Gasteiger charge is -1.98. The van der Waals surface area contributed by atoms with Gasteiger partial charge in [0.1, 0.15) is 17.5 Å². The second kappa shape index (κ2) is 6.30. The summed E-state index contributed by atoms with van der Waals surface area (Å²) < 4.78 is 0. The summed E-state index contributed by atoms with van der Waals surface area (Å²) in [5.74, 6) is 0.552. The zero-order chi connectivity index (χ0) is 15.4. The maximum absolute atomic E-state index is 9.42. The Kier molecular flexibility index (Phi) is 4.04. The second-order valence-corrected chi connectivity index (χ2v) is 5.15. The molecule has 0 aliphatic carbocycles. The lowest BCUT2D eigenvalue weighted by Crippen LogP contribution is -1.81. The van der Waals surface area contributed by atoms with Crippen LogP contribution in [0.3, 0.4) is 0 Å². The van der Waals surface area contributed by atoms with Crippen molar-refractivity contribution >= 4 is 23.6 Å². The molecule has 0 amide bonds. The third-order valence-corrected chi connectivity index (χ3v) is 3.52. The van der Waals surface area contributed by atoms with E-state index in [1.165, 1.54) is 0 Å². The highest BCUT2D eigenvalue weighted by Crippen LogP contribution is 2.29. The minimum atomic E-state index is 0.538. The van der Waals surface area contributed by atoms with Crippen LogP contribution in [0.1, 0.15) is 11.1 Å². The van der Waals surface area contributed by atoms with Crippen LogP contribution in [-0.4, -0.2) is 11.2 Å². The fraction of sp³-hybridized carbons (Fsp3) is 0. The standard InChI is InChI=1S/C18H12ClN3/c19-15-8-6-13(7-9-15)11-21-18-16(10-20)17(12-22-18)14-4-2-1-3-5-14/h1-9,11-12,22H/b21-11+. The Morgan fingerprint density at radius 1 is 1.05 bits per heavy atom. The van der Waals surface area contributed by atoms with Crippen LogP contribution in [0.25, 0.3) is 11.1 Å². The van der Waals surface area contributed by atoms with Crippen LogP contribution >= 0.6 is 11.6 Å². The normalized spacial score (nSPS) is 10.7. The molecule has 0 atom stereocenters.